The van der Waals surface area contributed by atoms with Crippen LogP contribution in [0, 0.1) is 17.8 Å². The van der Waals surface area contributed by atoms with E-state index in [9.17, 15) is 15.0 Å². The molecule has 0 saturated heterocycles. The molecule has 10 nitrogen and oxygen atoms in total. The zero-order valence-corrected chi connectivity index (χ0v) is 32.9. The first kappa shape index (κ1) is 41.0. The topological polar surface area (TPSA) is 119 Å². The average molecular weight is 767 g/mol. The summed E-state index contributed by atoms with van der Waals surface area (Å²) in [5, 5.41) is 26.6. The third-order valence-corrected chi connectivity index (χ3v) is 11.4. The number of unbranched alkanes of at least 4 members (excludes halogenated alkanes) is 2. The van der Waals surface area contributed by atoms with E-state index in [4.69, 9.17) is 23.8 Å². The van der Waals surface area contributed by atoms with Gasteiger partial charge < -0.3 is 34.0 Å². The molecule has 3 aromatic rings. The van der Waals surface area contributed by atoms with Gasteiger partial charge in [0.2, 0.25) is 5.79 Å². The molecule has 1 fully saturated rings. The van der Waals surface area contributed by atoms with Gasteiger partial charge in [-0.1, -0.05) is 73.5 Å². The fourth-order valence-electron chi connectivity index (χ4n) is 9.12. The normalized spacial score (nSPS) is 24.3. The number of nitrogens with zero attached hydrogens (tertiary/aromatic N) is 2. The van der Waals surface area contributed by atoms with Crippen molar-refractivity contribution in [1.82, 2.24) is 4.90 Å². The number of fused-ring (bicyclic) bond motifs is 3. The van der Waals surface area contributed by atoms with Crippen LogP contribution in [0.15, 0.2) is 103 Å². The quantitative estimate of drug-likeness (QED) is 0.0664. The summed E-state index contributed by atoms with van der Waals surface area (Å²) in [6, 6.07) is 19.7. The molecule has 0 aromatic heterocycles. The summed E-state index contributed by atoms with van der Waals surface area (Å²) in [5.74, 6) is 0.381. The minimum atomic E-state index is -1.34. The molecule has 6 atom stereocenters. The predicted octanol–water partition coefficient (Wildman–Crippen LogP) is 9.32. The van der Waals surface area contributed by atoms with Crippen molar-refractivity contribution in [1.29, 1.82) is 0 Å². The van der Waals surface area contributed by atoms with Gasteiger partial charge in [0.25, 0.3) is 0 Å². The van der Waals surface area contributed by atoms with Gasteiger partial charge in [0.15, 0.2) is 0 Å². The van der Waals surface area contributed by atoms with Gasteiger partial charge in [0.05, 0.1) is 24.8 Å². The number of ether oxygens (including phenoxy) is 4. The van der Waals surface area contributed by atoms with Crippen molar-refractivity contribution < 1.29 is 38.8 Å². The molecule has 1 amide bonds. The summed E-state index contributed by atoms with van der Waals surface area (Å²) in [7, 11) is 1.55. The van der Waals surface area contributed by atoms with E-state index < -0.39 is 23.8 Å². The van der Waals surface area contributed by atoms with E-state index in [1.165, 1.54) is 0 Å². The second-order valence-electron chi connectivity index (χ2n) is 15.0. The van der Waals surface area contributed by atoms with Gasteiger partial charge in [-0.15, -0.1) is 13.2 Å². The molecular formula is C46H58N2O8. The van der Waals surface area contributed by atoms with E-state index >= 15 is 0 Å². The number of oxime groups is 1. The van der Waals surface area contributed by atoms with Crippen molar-refractivity contribution >= 4 is 22.6 Å². The summed E-state index contributed by atoms with van der Waals surface area (Å²) in [5.41, 5.74) is 2.71. The Hall–Kier alpha value is -4.64. The van der Waals surface area contributed by atoms with Gasteiger partial charge in [0.1, 0.15) is 30.4 Å². The van der Waals surface area contributed by atoms with E-state index in [0.717, 1.165) is 59.1 Å². The SMILES string of the molecule is C=CCCOC(=O)N(CCC)[C@H]1CC(=NOC)C2=C[C@H](CCCCO)[C@@H](CCCCO)[C@@H]3c4cc(Oc5ccc6ccccc6c5)ccc4O[C@@]1(OCC=C)[C@H]23. The monoisotopic (exact) mass is 766 g/mol. The average Bonchev–Trinajstić information content (AvgIpc) is 3.21. The largest absolute Gasteiger partial charge is 0.459 e. The molecule has 0 radical (unpaired) electrons. The minimum absolute atomic E-state index is 0.0981. The van der Waals surface area contributed by atoms with Crippen LogP contribution in [-0.2, 0) is 14.3 Å². The molecule has 1 aliphatic heterocycles. The number of rotatable bonds is 20. The van der Waals surface area contributed by atoms with Crippen molar-refractivity contribution in [3.05, 3.63) is 103 Å². The molecule has 10 heteroatoms. The molecule has 6 rings (SSSR count). The number of aliphatic hydroxyl groups is 2. The Bertz CT molecular complexity index is 1870. The number of hydrogen-bond donors (Lipinski definition) is 2. The Morgan fingerprint density at radius 1 is 0.982 bits per heavy atom. The lowest BCUT2D eigenvalue weighted by Gasteiger charge is -2.59. The number of allylic oxidation sites excluding steroid dienone is 1. The smallest absolute Gasteiger partial charge is 0.410 e. The molecule has 1 saturated carbocycles. The Kier molecular flexibility index (Phi) is 14.3. The maximum absolute atomic E-state index is 14.1. The molecule has 2 N–H and O–H groups in total. The van der Waals surface area contributed by atoms with Gasteiger partial charge in [-0.25, -0.2) is 4.79 Å². The lowest BCUT2D eigenvalue weighted by Crippen LogP contribution is -2.70. The second kappa shape index (κ2) is 19.5. The van der Waals surface area contributed by atoms with E-state index in [0.29, 0.717) is 50.1 Å². The maximum atomic E-state index is 14.1. The van der Waals surface area contributed by atoms with Gasteiger partial charge in [-0.3, -0.25) is 4.90 Å². The van der Waals surface area contributed by atoms with Crippen molar-refractivity contribution in [3.63, 3.8) is 0 Å². The zero-order valence-electron chi connectivity index (χ0n) is 32.9. The first-order valence-corrected chi connectivity index (χ1v) is 20.2. The molecule has 56 heavy (non-hydrogen) atoms. The van der Waals surface area contributed by atoms with Crippen LogP contribution < -0.4 is 9.47 Å². The third-order valence-electron chi connectivity index (χ3n) is 11.4. The number of aliphatic hydroxyl groups excluding tert-OH is 2. The molecule has 2 aliphatic carbocycles. The summed E-state index contributed by atoms with van der Waals surface area (Å²) < 4.78 is 26.7. The minimum Gasteiger partial charge on any atom is -0.459 e. The summed E-state index contributed by atoms with van der Waals surface area (Å²) in [4.78, 5) is 21.4. The molecule has 300 valence electrons. The van der Waals surface area contributed by atoms with E-state index in [1.54, 1.807) is 24.2 Å². The standard InChI is InChI=1S/C46H58N2O8/c1-5-8-27-53-45(51)48(23-6-2)42-31-40(47-52-4)38-29-34(17-11-13-24-49)37(18-12-14-25-50)43-39-30-36(55-35-20-19-32-15-9-10-16-33(32)28-35)21-22-41(39)56-46(42,44(38)43)54-26-7-3/h5,7,9-10,15-16,19-22,28-30,34,37,42-44,49-50H,1,3,6,8,11-14,17-18,23-27,31H2,2,4H3/t34-,37+,42-,43+,44+,46+/m0/s1. The molecule has 0 spiro atoms. The third kappa shape index (κ3) is 8.67. The van der Waals surface area contributed by atoms with Gasteiger partial charge in [-0.2, -0.15) is 0 Å². The first-order valence-electron chi connectivity index (χ1n) is 20.2. The lowest BCUT2D eigenvalue weighted by atomic mass is 9.55. The van der Waals surface area contributed by atoms with Crippen molar-refractivity contribution in [2.45, 2.75) is 82.5 Å². The van der Waals surface area contributed by atoms with Gasteiger partial charge >= 0.3 is 6.09 Å². The van der Waals surface area contributed by atoms with Crippen LogP contribution in [0.25, 0.3) is 10.8 Å². The zero-order chi connectivity index (χ0) is 39.5. The van der Waals surface area contributed by atoms with E-state index in [2.05, 4.69) is 48.7 Å². The highest BCUT2D eigenvalue weighted by molar-refractivity contribution is 6.03. The highest BCUT2D eigenvalue weighted by atomic mass is 16.7. The Morgan fingerprint density at radius 3 is 2.46 bits per heavy atom. The molecule has 1 heterocycles. The van der Waals surface area contributed by atoms with E-state index in [-0.39, 0.29) is 44.2 Å². The lowest BCUT2D eigenvalue weighted by molar-refractivity contribution is -0.255. The molecule has 3 aromatic carbocycles. The van der Waals surface area contributed by atoms with Crippen LogP contribution in [0.1, 0.15) is 76.2 Å². The Balaban J connectivity index is 1.55. The molecule has 0 unspecified atom stereocenters. The Labute approximate surface area is 331 Å². The predicted molar refractivity (Wildman–Crippen MR) is 219 cm³/mol. The molecule has 3 aliphatic rings. The second-order valence-corrected chi connectivity index (χ2v) is 15.0. The van der Waals surface area contributed by atoms with Crippen LogP contribution in [0.4, 0.5) is 4.79 Å². The first-order chi connectivity index (χ1) is 27.4. The fraction of sp³-hybridized carbons (Fsp3) is 0.478. The molecular weight excluding hydrogens is 709 g/mol. The van der Waals surface area contributed by atoms with Crippen molar-refractivity contribution in [3.8, 4) is 17.2 Å². The van der Waals surface area contributed by atoms with Crippen LogP contribution in [0.5, 0.6) is 17.2 Å². The fourth-order valence-corrected chi connectivity index (χ4v) is 9.12. The summed E-state index contributed by atoms with van der Waals surface area (Å²) in [6.07, 6.45) is 11.6. The van der Waals surface area contributed by atoms with Crippen LogP contribution in [0.3, 0.4) is 0 Å². The number of amides is 1. The van der Waals surface area contributed by atoms with Gasteiger partial charge in [0, 0.05) is 37.7 Å². The number of carbonyl (C=O) groups is 1. The van der Waals surface area contributed by atoms with Crippen molar-refractivity contribution in [2.24, 2.45) is 22.9 Å². The maximum Gasteiger partial charge on any atom is 0.410 e. The van der Waals surface area contributed by atoms with Crippen LogP contribution in [-0.4, -0.2) is 78.8 Å². The number of benzene rings is 3. The van der Waals surface area contributed by atoms with Crippen LogP contribution in [0.2, 0.25) is 0 Å². The summed E-state index contributed by atoms with van der Waals surface area (Å²) in [6.45, 7) is 10.9. The number of carbonyl (C=O) groups excluding carboxylic acids is 1. The highest BCUT2D eigenvalue weighted by Crippen LogP contribution is 2.62. The Morgan fingerprint density at radius 2 is 1.73 bits per heavy atom. The van der Waals surface area contributed by atoms with Gasteiger partial charge in [-0.05, 0) is 97.0 Å². The van der Waals surface area contributed by atoms with E-state index in [1.807, 2.05) is 43.3 Å². The molecule has 0 bridgehead atoms. The summed E-state index contributed by atoms with van der Waals surface area (Å²) >= 11 is 0. The number of hydrogen-bond acceptors (Lipinski definition) is 9. The highest BCUT2D eigenvalue weighted by Gasteiger charge is 2.65. The van der Waals surface area contributed by atoms with Crippen LogP contribution >= 0.6 is 0 Å². The van der Waals surface area contributed by atoms with Crippen molar-refractivity contribution in [2.75, 3.05) is 40.1 Å².